The number of hydrogen-bond donors (Lipinski definition) is 1. The lowest BCUT2D eigenvalue weighted by Gasteiger charge is -2.16. The van der Waals surface area contributed by atoms with Crippen LogP contribution in [0.15, 0.2) is 35.1 Å². The van der Waals surface area contributed by atoms with E-state index in [1.807, 2.05) is 37.3 Å². The molecule has 1 aromatic heterocycles. The molecule has 0 spiro atoms. The van der Waals surface area contributed by atoms with Crippen LogP contribution < -0.4 is 14.9 Å². The molecule has 5 nitrogen and oxygen atoms in total. The molecule has 3 aromatic rings. The van der Waals surface area contributed by atoms with Crippen LogP contribution in [0.25, 0.3) is 10.2 Å². The maximum absolute atomic E-state index is 12.8. The zero-order chi connectivity index (χ0) is 19.0. The number of nitrogens with zero attached hydrogens (tertiary/aromatic N) is 1. The molecule has 2 aromatic carbocycles. The first-order chi connectivity index (χ1) is 12.3. The first-order valence-corrected chi connectivity index (χ1v) is 9.23. The molecule has 0 saturated heterocycles. The van der Waals surface area contributed by atoms with Crippen molar-refractivity contribution in [3.05, 3.63) is 56.7 Å². The largest absolute Gasteiger partial charge is 0.496 e. The minimum atomic E-state index is -0.172. The summed E-state index contributed by atoms with van der Waals surface area (Å²) in [7, 11) is 3.38. The summed E-state index contributed by atoms with van der Waals surface area (Å²) in [5, 5.41) is 2.94. The van der Waals surface area contributed by atoms with Gasteiger partial charge < -0.3 is 14.6 Å². The number of fused-ring (bicyclic) bond motifs is 1. The topological polar surface area (TPSA) is 60.3 Å². The summed E-state index contributed by atoms with van der Waals surface area (Å²) in [5.41, 5.74) is 4.01. The number of aryl methyl sites for hydroxylation is 2. The number of carbonyl (C=O) groups excluding carboxylic acids is 1. The molecule has 0 aliphatic rings. The predicted octanol–water partition coefficient (Wildman–Crippen LogP) is 4.29. The second-order valence-electron chi connectivity index (χ2n) is 6.63. The lowest BCUT2D eigenvalue weighted by atomic mass is 9.96. The van der Waals surface area contributed by atoms with Crippen LogP contribution in [0.1, 0.15) is 41.3 Å². The van der Waals surface area contributed by atoms with Gasteiger partial charge in [-0.05, 0) is 54.3 Å². The third-order valence-electron chi connectivity index (χ3n) is 4.49. The van der Waals surface area contributed by atoms with Crippen LogP contribution in [0.4, 0.5) is 5.69 Å². The highest BCUT2D eigenvalue weighted by atomic mass is 32.1. The van der Waals surface area contributed by atoms with Gasteiger partial charge in [0, 0.05) is 18.3 Å². The van der Waals surface area contributed by atoms with Crippen molar-refractivity contribution < 1.29 is 9.53 Å². The van der Waals surface area contributed by atoms with E-state index in [0.717, 1.165) is 27.1 Å². The summed E-state index contributed by atoms with van der Waals surface area (Å²) in [6.45, 7) is 6.04. The van der Waals surface area contributed by atoms with Gasteiger partial charge in [-0.2, -0.15) is 0 Å². The highest BCUT2D eigenvalue weighted by Gasteiger charge is 2.16. The highest BCUT2D eigenvalue weighted by molar-refractivity contribution is 7.16. The minimum absolute atomic E-state index is 0.0175. The van der Waals surface area contributed by atoms with E-state index >= 15 is 0 Å². The van der Waals surface area contributed by atoms with Gasteiger partial charge in [-0.3, -0.25) is 9.59 Å². The first kappa shape index (κ1) is 18.2. The van der Waals surface area contributed by atoms with Crippen molar-refractivity contribution in [2.24, 2.45) is 7.05 Å². The van der Waals surface area contributed by atoms with Gasteiger partial charge in [0.15, 0.2) is 0 Å². The van der Waals surface area contributed by atoms with Gasteiger partial charge in [0.05, 0.1) is 17.3 Å². The monoisotopic (exact) mass is 370 g/mol. The Morgan fingerprint density at radius 3 is 2.62 bits per heavy atom. The minimum Gasteiger partial charge on any atom is -0.496 e. The first-order valence-electron chi connectivity index (χ1n) is 8.41. The summed E-state index contributed by atoms with van der Waals surface area (Å²) in [4.78, 5) is 24.6. The average Bonchev–Trinajstić information content (AvgIpc) is 2.87. The number of ether oxygens (including phenoxy) is 1. The zero-order valence-electron chi connectivity index (χ0n) is 15.5. The maximum atomic E-state index is 12.8. The molecule has 1 N–H and O–H groups in total. The molecule has 1 heterocycles. The number of anilines is 1. The number of nitrogens with one attached hydrogen (secondary N) is 1. The van der Waals surface area contributed by atoms with E-state index in [1.165, 1.54) is 11.3 Å². The Morgan fingerprint density at radius 1 is 1.23 bits per heavy atom. The quantitative estimate of drug-likeness (QED) is 0.745. The van der Waals surface area contributed by atoms with Crippen LogP contribution in [0.5, 0.6) is 5.75 Å². The van der Waals surface area contributed by atoms with Crippen LogP contribution in [0.3, 0.4) is 0 Å². The molecule has 0 saturated carbocycles. The fraction of sp³-hybridized carbons (Fsp3) is 0.300. The van der Waals surface area contributed by atoms with E-state index in [4.69, 9.17) is 4.74 Å². The summed E-state index contributed by atoms with van der Waals surface area (Å²) < 4.78 is 7.90. The average molecular weight is 370 g/mol. The number of hydrogen-bond acceptors (Lipinski definition) is 4. The Kier molecular flexibility index (Phi) is 4.87. The number of carbonyl (C=O) groups is 1. The summed E-state index contributed by atoms with van der Waals surface area (Å²) in [5.74, 6) is 0.870. The number of rotatable bonds is 4. The van der Waals surface area contributed by atoms with Gasteiger partial charge in [0.25, 0.3) is 5.91 Å². The van der Waals surface area contributed by atoms with Crippen molar-refractivity contribution in [1.82, 2.24) is 4.57 Å². The van der Waals surface area contributed by atoms with Crippen molar-refractivity contribution in [2.45, 2.75) is 26.7 Å². The Bertz CT molecular complexity index is 1050. The number of thiazole rings is 1. The van der Waals surface area contributed by atoms with Crippen LogP contribution in [-0.4, -0.2) is 17.6 Å². The van der Waals surface area contributed by atoms with Crippen LogP contribution >= 0.6 is 11.3 Å². The molecule has 3 rings (SSSR count). The summed E-state index contributed by atoms with van der Waals surface area (Å²) in [6.07, 6.45) is 0. The smallest absolute Gasteiger partial charge is 0.307 e. The summed E-state index contributed by atoms with van der Waals surface area (Å²) in [6, 6.07) is 9.30. The number of methoxy groups -OCH3 is 1. The second kappa shape index (κ2) is 6.96. The number of aromatic nitrogens is 1. The fourth-order valence-corrected chi connectivity index (χ4v) is 3.90. The van der Waals surface area contributed by atoms with E-state index < -0.39 is 0 Å². The Labute approximate surface area is 156 Å². The van der Waals surface area contributed by atoms with Crippen molar-refractivity contribution in [2.75, 3.05) is 12.4 Å². The van der Waals surface area contributed by atoms with Crippen molar-refractivity contribution in [3.63, 3.8) is 0 Å². The normalized spacial score (nSPS) is 11.2. The molecule has 136 valence electrons. The molecule has 0 atom stereocenters. The van der Waals surface area contributed by atoms with Crippen molar-refractivity contribution >= 4 is 33.1 Å². The van der Waals surface area contributed by atoms with Gasteiger partial charge in [0.1, 0.15) is 5.75 Å². The van der Waals surface area contributed by atoms with E-state index in [9.17, 15) is 9.59 Å². The Morgan fingerprint density at radius 2 is 1.96 bits per heavy atom. The molecular weight excluding hydrogens is 348 g/mol. The molecule has 0 fully saturated rings. The Hall–Kier alpha value is -2.60. The van der Waals surface area contributed by atoms with E-state index in [-0.39, 0.29) is 16.7 Å². The molecule has 0 aliphatic heterocycles. The van der Waals surface area contributed by atoms with Crippen LogP contribution in [0, 0.1) is 6.92 Å². The number of amides is 1. The fourth-order valence-electron chi connectivity index (χ4n) is 2.98. The zero-order valence-corrected chi connectivity index (χ0v) is 16.4. The highest BCUT2D eigenvalue weighted by Crippen LogP contribution is 2.30. The number of benzene rings is 2. The molecule has 1 amide bonds. The SMILES string of the molecule is COc1cc(C)c(C(=O)Nc2ccc3c(c2)sc(=O)n3C)cc1C(C)C. The van der Waals surface area contributed by atoms with Gasteiger partial charge in [-0.1, -0.05) is 25.2 Å². The van der Waals surface area contributed by atoms with E-state index in [0.29, 0.717) is 11.3 Å². The van der Waals surface area contributed by atoms with Crippen molar-refractivity contribution in [1.29, 1.82) is 0 Å². The molecular formula is C20H22N2O3S. The van der Waals surface area contributed by atoms with Crippen LogP contribution in [-0.2, 0) is 7.05 Å². The Balaban J connectivity index is 1.95. The standard InChI is InChI=1S/C20H22N2O3S/c1-11(2)14-10-15(12(3)8-17(14)25-5)19(23)21-13-6-7-16-18(9-13)26-20(24)22(16)4/h6-11H,1-5H3,(H,21,23). The lowest BCUT2D eigenvalue weighted by molar-refractivity contribution is 0.102. The van der Waals surface area contributed by atoms with E-state index in [1.54, 1.807) is 18.7 Å². The van der Waals surface area contributed by atoms with Gasteiger partial charge in [-0.15, -0.1) is 0 Å². The molecule has 6 heteroatoms. The third kappa shape index (κ3) is 3.24. The lowest BCUT2D eigenvalue weighted by Crippen LogP contribution is -2.14. The molecule has 0 unspecified atom stereocenters. The van der Waals surface area contributed by atoms with Crippen LogP contribution in [0.2, 0.25) is 0 Å². The third-order valence-corrected chi connectivity index (χ3v) is 5.49. The van der Waals surface area contributed by atoms with Gasteiger partial charge >= 0.3 is 4.87 Å². The van der Waals surface area contributed by atoms with Gasteiger partial charge in [0.2, 0.25) is 0 Å². The van der Waals surface area contributed by atoms with Crippen molar-refractivity contribution in [3.8, 4) is 5.75 Å². The second-order valence-corrected chi connectivity index (χ2v) is 7.62. The molecule has 0 bridgehead atoms. The van der Waals surface area contributed by atoms with Gasteiger partial charge in [-0.25, -0.2) is 0 Å². The maximum Gasteiger partial charge on any atom is 0.307 e. The summed E-state index contributed by atoms with van der Waals surface area (Å²) >= 11 is 1.17. The predicted molar refractivity (Wildman–Crippen MR) is 107 cm³/mol. The molecule has 0 aliphatic carbocycles. The molecule has 26 heavy (non-hydrogen) atoms. The molecule has 0 radical (unpaired) electrons. The van der Waals surface area contributed by atoms with E-state index in [2.05, 4.69) is 19.2 Å².